The van der Waals surface area contributed by atoms with Gasteiger partial charge in [0.1, 0.15) is 0 Å². The molecular weight excluding hydrogens is 402 g/mol. The molecule has 0 unspecified atom stereocenters. The van der Waals surface area contributed by atoms with Crippen molar-refractivity contribution >= 4 is 17.6 Å². The summed E-state index contributed by atoms with van der Waals surface area (Å²) < 4.78 is 0. The van der Waals surface area contributed by atoms with E-state index < -0.39 is 0 Å². The van der Waals surface area contributed by atoms with Crippen LogP contribution in [0.1, 0.15) is 38.2 Å². The first-order chi connectivity index (χ1) is 15.5. The van der Waals surface area contributed by atoms with Gasteiger partial charge in [-0.25, -0.2) is 0 Å². The molecule has 4 rings (SSSR count). The molecule has 2 fully saturated rings. The first kappa shape index (κ1) is 22.2. The molecule has 2 heterocycles. The zero-order valence-electron chi connectivity index (χ0n) is 19.2. The van der Waals surface area contributed by atoms with Gasteiger partial charge in [-0.2, -0.15) is 0 Å². The lowest BCUT2D eigenvalue weighted by atomic mass is 9.84. The van der Waals surface area contributed by atoms with Crippen LogP contribution in [0.25, 0.3) is 11.3 Å². The molecule has 0 radical (unpaired) electrons. The van der Waals surface area contributed by atoms with Crippen LogP contribution in [0.15, 0.2) is 36.4 Å². The van der Waals surface area contributed by atoms with E-state index in [0.717, 1.165) is 42.8 Å². The van der Waals surface area contributed by atoms with Gasteiger partial charge in [0, 0.05) is 44.2 Å². The predicted octanol–water partition coefficient (Wildman–Crippen LogP) is 3.14. The maximum absolute atomic E-state index is 12.9. The summed E-state index contributed by atoms with van der Waals surface area (Å²) in [6, 6.07) is 12.3. The van der Waals surface area contributed by atoms with Crippen molar-refractivity contribution in [2.45, 2.75) is 39.5 Å². The molecule has 2 amide bonds. The van der Waals surface area contributed by atoms with Crippen LogP contribution in [-0.4, -0.2) is 71.1 Å². The van der Waals surface area contributed by atoms with Crippen LogP contribution in [-0.2, 0) is 9.59 Å². The smallest absolute Gasteiger partial charge is 0.242 e. The van der Waals surface area contributed by atoms with E-state index >= 15 is 0 Å². The van der Waals surface area contributed by atoms with Crippen molar-refractivity contribution in [3.05, 3.63) is 42.0 Å². The molecule has 1 aliphatic heterocycles. The number of amides is 2. The van der Waals surface area contributed by atoms with Crippen molar-refractivity contribution < 1.29 is 9.59 Å². The van der Waals surface area contributed by atoms with Crippen molar-refractivity contribution in [3.63, 3.8) is 0 Å². The van der Waals surface area contributed by atoms with Crippen LogP contribution in [0, 0.1) is 12.8 Å². The third-order valence-corrected chi connectivity index (χ3v) is 6.54. The fourth-order valence-corrected chi connectivity index (χ4v) is 4.27. The highest BCUT2D eigenvalue weighted by molar-refractivity contribution is 5.86. The highest BCUT2D eigenvalue weighted by Gasteiger charge is 2.31. The lowest BCUT2D eigenvalue weighted by Crippen LogP contribution is -2.52. The van der Waals surface area contributed by atoms with Crippen LogP contribution in [0.4, 0.5) is 5.82 Å². The predicted molar refractivity (Wildman–Crippen MR) is 125 cm³/mol. The average Bonchev–Trinajstić information content (AvgIpc) is 2.78. The van der Waals surface area contributed by atoms with E-state index in [1.165, 1.54) is 5.56 Å². The molecule has 1 saturated carbocycles. The number of hydrogen-bond acceptors (Lipinski definition) is 5. The number of carbonyl (C=O) groups excluding carboxylic acids is 2. The van der Waals surface area contributed by atoms with Crippen LogP contribution >= 0.6 is 0 Å². The second kappa shape index (κ2) is 10.1. The van der Waals surface area contributed by atoms with Gasteiger partial charge in [-0.1, -0.05) is 43.2 Å². The van der Waals surface area contributed by atoms with Crippen molar-refractivity contribution in [1.82, 2.24) is 20.0 Å². The second-order valence-corrected chi connectivity index (χ2v) is 8.90. The molecule has 2 aromatic rings. The number of anilines is 1. The van der Waals surface area contributed by atoms with E-state index in [1.807, 2.05) is 17.0 Å². The number of aryl methyl sites for hydroxylation is 1. The standard InChI is InChI=1S/C25H33N5O2/c1-3-13-30(25(32)21-5-4-6-21)18-24(31)29-16-14-28(15-17-29)23-12-11-22(26-27-23)20-9-7-19(2)8-10-20/h7-12,21H,3-6,13-18H2,1-2H3. The zero-order chi connectivity index (χ0) is 22.5. The van der Waals surface area contributed by atoms with E-state index in [2.05, 4.69) is 53.2 Å². The van der Waals surface area contributed by atoms with Gasteiger partial charge in [-0.15, -0.1) is 10.2 Å². The first-order valence-corrected chi connectivity index (χ1v) is 11.8. The Labute approximate surface area is 190 Å². The van der Waals surface area contributed by atoms with Crippen LogP contribution in [0.5, 0.6) is 0 Å². The minimum absolute atomic E-state index is 0.0478. The molecule has 0 spiro atoms. The van der Waals surface area contributed by atoms with E-state index in [9.17, 15) is 9.59 Å². The van der Waals surface area contributed by atoms with Crippen molar-refractivity contribution in [2.24, 2.45) is 5.92 Å². The molecule has 2 aliphatic rings. The topological polar surface area (TPSA) is 69.6 Å². The van der Waals surface area contributed by atoms with Gasteiger partial charge in [0.25, 0.3) is 0 Å². The Bertz CT molecular complexity index is 916. The van der Waals surface area contributed by atoms with Gasteiger partial charge in [-0.3, -0.25) is 9.59 Å². The Morgan fingerprint density at radius 3 is 2.28 bits per heavy atom. The lowest BCUT2D eigenvalue weighted by molar-refractivity contribution is -0.144. The minimum Gasteiger partial charge on any atom is -0.352 e. The molecule has 0 bridgehead atoms. The summed E-state index contributed by atoms with van der Waals surface area (Å²) in [7, 11) is 0. The summed E-state index contributed by atoms with van der Waals surface area (Å²) >= 11 is 0. The van der Waals surface area contributed by atoms with E-state index in [0.29, 0.717) is 32.7 Å². The van der Waals surface area contributed by atoms with E-state index in [1.54, 1.807) is 4.90 Å². The Morgan fingerprint density at radius 1 is 1.00 bits per heavy atom. The third kappa shape index (κ3) is 5.09. The number of piperazine rings is 1. The van der Waals surface area contributed by atoms with Crippen LogP contribution in [0.3, 0.4) is 0 Å². The molecule has 0 atom stereocenters. The molecule has 1 aliphatic carbocycles. The van der Waals surface area contributed by atoms with Gasteiger partial charge in [0.05, 0.1) is 12.2 Å². The summed E-state index contributed by atoms with van der Waals surface area (Å²) in [6.45, 7) is 7.68. The fourth-order valence-electron chi connectivity index (χ4n) is 4.27. The minimum atomic E-state index is 0.0478. The molecule has 32 heavy (non-hydrogen) atoms. The monoisotopic (exact) mass is 435 g/mol. The maximum atomic E-state index is 12.9. The molecule has 7 heteroatoms. The van der Waals surface area contributed by atoms with Crippen molar-refractivity contribution in [2.75, 3.05) is 44.2 Å². The molecule has 0 N–H and O–H groups in total. The fraction of sp³-hybridized carbons (Fsp3) is 0.520. The molecule has 1 aromatic heterocycles. The third-order valence-electron chi connectivity index (χ3n) is 6.54. The number of rotatable bonds is 7. The molecule has 1 aromatic carbocycles. The quantitative estimate of drug-likeness (QED) is 0.668. The van der Waals surface area contributed by atoms with Gasteiger partial charge in [0.15, 0.2) is 5.82 Å². The SMILES string of the molecule is CCCN(CC(=O)N1CCN(c2ccc(-c3ccc(C)cc3)nn2)CC1)C(=O)C1CCC1. The number of carbonyl (C=O) groups is 2. The Kier molecular flexibility index (Phi) is 7.02. The first-order valence-electron chi connectivity index (χ1n) is 11.8. The number of benzene rings is 1. The normalized spacial score (nSPS) is 16.6. The van der Waals surface area contributed by atoms with Crippen LogP contribution in [0.2, 0.25) is 0 Å². The Morgan fingerprint density at radius 2 is 1.72 bits per heavy atom. The van der Waals surface area contributed by atoms with E-state index in [4.69, 9.17) is 0 Å². The summed E-state index contributed by atoms with van der Waals surface area (Å²) in [5.74, 6) is 1.17. The van der Waals surface area contributed by atoms with Gasteiger partial charge >= 0.3 is 0 Å². The van der Waals surface area contributed by atoms with Gasteiger partial charge < -0.3 is 14.7 Å². The second-order valence-electron chi connectivity index (χ2n) is 8.90. The van der Waals surface area contributed by atoms with Gasteiger partial charge in [0.2, 0.25) is 11.8 Å². The molecule has 170 valence electrons. The number of nitrogens with zero attached hydrogens (tertiary/aromatic N) is 5. The average molecular weight is 436 g/mol. The lowest BCUT2D eigenvalue weighted by Gasteiger charge is -2.37. The van der Waals surface area contributed by atoms with Crippen molar-refractivity contribution in [1.29, 1.82) is 0 Å². The number of hydrogen-bond donors (Lipinski definition) is 0. The summed E-state index contributed by atoms with van der Waals surface area (Å²) in [5.41, 5.74) is 3.13. The maximum Gasteiger partial charge on any atom is 0.242 e. The van der Waals surface area contributed by atoms with Crippen LogP contribution < -0.4 is 4.90 Å². The number of aromatic nitrogens is 2. The van der Waals surface area contributed by atoms with Crippen molar-refractivity contribution in [3.8, 4) is 11.3 Å². The molecule has 7 nitrogen and oxygen atoms in total. The van der Waals surface area contributed by atoms with Gasteiger partial charge in [-0.05, 0) is 38.3 Å². The van der Waals surface area contributed by atoms with E-state index in [-0.39, 0.29) is 24.3 Å². The summed E-state index contributed by atoms with van der Waals surface area (Å²) in [6.07, 6.45) is 3.93. The highest BCUT2D eigenvalue weighted by Crippen LogP contribution is 2.28. The Hall–Kier alpha value is -2.96. The highest BCUT2D eigenvalue weighted by atomic mass is 16.2. The summed E-state index contributed by atoms with van der Waals surface area (Å²) in [4.78, 5) is 31.3. The molecular formula is C25H33N5O2. The summed E-state index contributed by atoms with van der Waals surface area (Å²) in [5, 5.41) is 8.82. The molecule has 1 saturated heterocycles. The largest absolute Gasteiger partial charge is 0.352 e. The zero-order valence-corrected chi connectivity index (χ0v) is 19.2. The Balaban J connectivity index is 1.30.